The largest absolute Gasteiger partial charge is 0.497 e. The predicted octanol–water partition coefficient (Wildman–Crippen LogP) is 2.73. The Kier molecular flexibility index (Phi) is 4.13. The lowest BCUT2D eigenvalue weighted by Gasteiger charge is -2.36. The van der Waals surface area contributed by atoms with Crippen molar-refractivity contribution >= 4 is 5.69 Å². The summed E-state index contributed by atoms with van der Waals surface area (Å²) in [4.78, 5) is 0. The Hall–Kier alpha value is -1.26. The van der Waals surface area contributed by atoms with E-state index >= 15 is 0 Å². The highest BCUT2D eigenvalue weighted by Gasteiger charge is 2.40. The van der Waals surface area contributed by atoms with E-state index in [9.17, 15) is 0 Å². The molecule has 0 aliphatic carbocycles. The van der Waals surface area contributed by atoms with Crippen LogP contribution in [0.3, 0.4) is 0 Å². The molecule has 1 aromatic carbocycles. The van der Waals surface area contributed by atoms with E-state index in [1.54, 1.807) is 7.11 Å². The van der Waals surface area contributed by atoms with Crippen LogP contribution in [-0.2, 0) is 4.74 Å². The molecule has 3 rings (SSSR count). The van der Waals surface area contributed by atoms with Gasteiger partial charge in [-0.3, -0.25) is 0 Å². The van der Waals surface area contributed by atoms with E-state index in [1.807, 2.05) is 6.07 Å². The van der Waals surface area contributed by atoms with Gasteiger partial charge in [0, 0.05) is 36.4 Å². The number of unbranched alkanes of at least 4 members (excludes halogenated alkanes) is 1. The molecule has 2 aliphatic rings. The molecule has 2 aliphatic heterocycles. The van der Waals surface area contributed by atoms with Gasteiger partial charge in [-0.1, -0.05) is 0 Å². The van der Waals surface area contributed by atoms with Crippen LogP contribution < -0.4 is 10.1 Å². The summed E-state index contributed by atoms with van der Waals surface area (Å²) in [6.45, 7) is 1.12. The molecule has 4 nitrogen and oxygen atoms in total. The van der Waals surface area contributed by atoms with E-state index in [0.717, 1.165) is 38.0 Å². The molecule has 0 saturated carbocycles. The first-order valence-corrected chi connectivity index (χ1v) is 7.50. The minimum Gasteiger partial charge on any atom is -0.497 e. The lowest BCUT2D eigenvalue weighted by atomic mass is 9.82. The molecule has 1 fully saturated rings. The first-order valence-electron chi connectivity index (χ1n) is 7.50. The van der Waals surface area contributed by atoms with Gasteiger partial charge in [0.25, 0.3) is 0 Å². The van der Waals surface area contributed by atoms with Crippen LogP contribution >= 0.6 is 0 Å². The second-order valence-corrected chi connectivity index (χ2v) is 5.67. The highest BCUT2D eigenvalue weighted by atomic mass is 16.5. The number of ether oxygens (including phenoxy) is 2. The van der Waals surface area contributed by atoms with Crippen molar-refractivity contribution in [3.8, 4) is 5.75 Å². The summed E-state index contributed by atoms with van der Waals surface area (Å²) in [6, 6.07) is 6.63. The Labute approximate surface area is 120 Å². The second kappa shape index (κ2) is 6.02. The third-order valence-electron chi connectivity index (χ3n) is 4.48. The fourth-order valence-corrected chi connectivity index (χ4v) is 3.44. The molecule has 2 N–H and O–H groups in total. The lowest BCUT2D eigenvalue weighted by Crippen LogP contribution is -2.35. The normalized spacial score (nSPS) is 27.6. The molecule has 2 heterocycles. The van der Waals surface area contributed by atoms with E-state index in [-0.39, 0.29) is 12.7 Å². The molecule has 0 radical (unpaired) electrons. The maximum absolute atomic E-state index is 8.94. The van der Waals surface area contributed by atoms with Gasteiger partial charge in [0.05, 0.1) is 13.2 Å². The number of aliphatic hydroxyl groups is 1. The van der Waals surface area contributed by atoms with Gasteiger partial charge in [-0.05, 0) is 43.9 Å². The SMILES string of the molecule is COc1ccc2c(c1)[C@H]1OCC[C@H]1[C@@H](CCCCO)N2. The molecule has 0 spiro atoms. The van der Waals surface area contributed by atoms with Gasteiger partial charge in [0.1, 0.15) is 5.75 Å². The fraction of sp³-hybridized carbons (Fsp3) is 0.625. The summed E-state index contributed by atoms with van der Waals surface area (Å²) < 4.78 is 11.3. The van der Waals surface area contributed by atoms with E-state index < -0.39 is 0 Å². The third kappa shape index (κ3) is 2.50. The van der Waals surface area contributed by atoms with Crippen LogP contribution in [-0.4, -0.2) is 31.5 Å². The monoisotopic (exact) mass is 277 g/mol. The zero-order chi connectivity index (χ0) is 13.9. The van der Waals surface area contributed by atoms with Crippen LogP contribution in [0.15, 0.2) is 18.2 Å². The van der Waals surface area contributed by atoms with Gasteiger partial charge in [0.15, 0.2) is 0 Å². The zero-order valence-electron chi connectivity index (χ0n) is 12.0. The van der Waals surface area contributed by atoms with Crippen LogP contribution in [0, 0.1) is 5.92 Å². The molecular formula is C16H23NO3. The van der Waals surface area contributed by atoms with E-state index in [1.165, 1.54) is 11.3 Å². The first-order chi connectivity index (χ1) is 9.83. The molecule has 1 aromatic rings. The van der Waals surface area contributed by atoms with Gasteiger partial charge in [-0.2, -0.15) is 0 Å². The highest BCUT2D eigenvalue weighted by Crippen LogP contribution is 2.46. The molecule has 0 bridgehead atoms. The van der Waals surface area contributed by atoms with Crippen LogP contribution in [0.4, 0.5) is 5.69 Å². The summed E-state index contributed by atoms with van der Waals surface area (Å²) in [5, 5.41) is 12.6. The minimum absolute atomic E-state index is 0.195. The molecule has 4 heteroatoms. The van der Waals surface area contributed by atoms with Crippen molar-refractivity contribution in [1.82, 2.24) is 0 Å². The number of rotatable bonds is 5. The van der Waals surface area contributed by atoms with Crippen molar-refractivity contribution in [3.63, 3.8) is 0 Å². The smallest absolute Gasteiger partial charge is 0.119 e. The number of fused-ring (bicyclic) bond motifs is 3. The Balaban J connectivity index is 1.81. The summed E-state index contributed by atoms with van der Waals surface area (Å²) >= 11 is 0. The Morgan fingerprint density at radius 1 is 1.40 bits per heavy atom. The Morgan fingerprint density at radius 3 is 3.10 bits per heavy atom. The average molecular weight is 277 g/mol. The Morgan fingerprint density at radius 2 is 2.30 bits per heavy atom. The van der Waals surface area contributed by atoms with Gasteiger partial charge >= 0.3 is 0 Å². The lowest BCUT2D eigenvalue weighted by molar-refractivity contribution is 0.0815. The van der Waals surface area contributed by atoms with Gasteiger partial charge in [-0.15, -0.1) is 0 Å². The maximum atomic E-state index is 8.94. The number of aliphatic hydroxyl groups excluding tert-OH is 1. The van der Waals surface area contributed by atoms with E-state index in [2.05, 4.69) is 17.4 Å². The van der Waals surface area contributed by atoms with Crippen molar-refractivity contribution < 1.29 is 14.6 Å². The topological polar surface area (TPSA) is 50.7 Å². The van der Waals surface area contributed by atoms with Gasteiger partial charge < -0.3 is 19.9 Å². The molecule has 0 unspecified atom stereocenters. The van der Waals surface area contributed by atoms with Crippen molar-refractivity contribution in [3.05, 3.63) is 23.8 Å². The predicted molar refractivity (Wildman–Crippen MR) is 78.1 cm³/mol. The summed E-state index contributed by atoms with van der Waals surface area (Å²) in [5.74, 6) is 1.42. The van der Waals surface area contributed by atoms with Crippen LogP contribution in [0.1, 0.15) is 37.4 Å². The van der Waals surface area contributed by atoms with Gasteiger partial charge in [-0.25, -0.2) is 0 Å². The van der Waals surface area contributed by atoms with E-state index in [4.69, 9.17) is 14.6 Å². The Bertz CT molecular complexity index is 463. The fourth-order valence-electron chi connectivity index (χ4n) is 3.44. The van der Waals surface area contributed by atoms with Gasteiger partial charge in [0.2, 0.25) is 0 Å². The van der Waals surface area contributed by atoms with Crippen LogP contribution in [0.5, 0.6) is 5.75 Å². The third-order valence-corrected chi connectivity index (χ3v) is 4.48. The minimum atomic E-state index is 0.195. The van der Waals surface area contributed by atoms with Crippen molar-refractivity contribution in [2.24, 2.45) is 5.92 Å². The van der Waals surface area contributed by atoms with Crippen LogP contribution in [0.25, 0.3) is 0 Å². The molecule has 20 heavy (non-hydrogen) atoms. The van der Waals surface area contributed by atoms with E-state index in [0.29, 0.717) is 12.0 Å². The average Bonchev–Trinajstić information content (AvgIpc) is 2.97. The highest BCUT2D eigenvalue weighted by molar-refractivity contribution is 5.58. The summed E-state index contributed by atoms with van der Waals surface area (Å²) in [6.07, 6.45) is 4.34. The quantitative estimate of drug-likeness (QED) is 0.813. The summed E-state index contributed by atoms with van der Waals surface area (Å²) in [7, 11) is 1.70. The molecule has 0 amide bonds. The molecule has 1 saturated heterocycles. The van der Waals surface area contributed by atoms with Crippen LogP contribution in [0.2, 0.25) is 0 Å². The number of anilines is 1. The van der Waals surface area contributed by atoms with Crippen molar-refractivity contribution in [1.29, 1.82) is 0 Å². The summed E-state index contributed by atoms with van der Waals surface area (Å²) in [5.41, 5.74) is 2.40. The molecular weight excluding hydrogens is 254 g/mol. The number of benzene rings is 1. The number of hydrogen-bond donors (Lipinski definition) is 2. The number of hydrogen-bond acceptors (Lipinski definition) is 4. The van der Waals surface area contributed by atoms with Crippen molar-refractivity contribution in [2.45, 2.75) is 37.8 Å². The number of methoxy groups -OCH3 is 1. The standard InChI is InChI=1S/C16H23NO3/c1-19-11-5-6-15-13(10-11)16-12(7-9-20-16)14(17-15)4-2-3-8-18/h5-6,10,12,14,16-18H,2-4,7-9H2,1H3/t12-,14+,16-/m0/s1. The first kappa shape index (κ1) is 13.7. The second-order valence-electron chi connectivity index (χ2n) is 5.67. The van der Waals surface area contributed by atoms with Crippen molar-refractivity contribution in [2.75, 3.05) is 25.6 Å². The maximum Gasteiger partial charge on any atom is 0.119 e. The zero-order valence-corrected chi connectivity index (χ0v) is 12.0. The number of nitrogens with one attached hydrogen (secondary N) is 1. The molecule has 110 valence electrons. The molecule has 3 atom stereocenters. The molecule has 0 aromatic heterocycles.